The smallest absolute Gasteiger partial charge is 0.152 e. The Kier molecular flexibility index (Phi) is 3.51. The molecule has 0 aliphatic carbocycles. The summed E-state index contributed by atoms with van der Waals surface area (Å²) in [5, 5.41) is 0. The van der Waals surface area contributed by atoms with Crippen LogP contribution in [0.2, 0.25) is 0 Å². The number of nitrogen functional groups attached to an aromatic ring is 1. The molecule has 76 valence electrons. The van der Waals surface area contributed by atoms with Crippen LogP contribution >= 0.6 is 0 Å². The van der Waals surface area contributed by atoms with Crippen molar-refractivity contribution in [2.75, 3.05) is 17.2 Å². The van der Waals surface area contributed by atoms with Crippen LogP contribution in [-0.2, 0) is 0 Å². The van der Waals surface area contributed by atoms with Crippen molar-refractivity contribution in [3.63, 3.8) is 0 Å². The van der Waals surface area contributed by atoms with Gasteiger partial charge in [0.15, 0.2) is 5.82 Å². The van der Waals surface area contributed by atoms with Crippen LogP contribution in [0.3, 0.4) is 0 Å². The molecule has 3 nitrogen and oxygen atoms in total. The Balaban J connectivity index is 2.98. The van der Waals surface area contributed by atoms with E-state index in [9.17, 15) is 0 Å². The van der Waals surface area contributed by atoms with Crippen molar-refractivity contribution in [3.05, 3.63) is 31.0 Å². The van der Waals surface area contributed by atoms with E-state index in [1.165, 1.54) is 0 Å². The van der Waals surface area contributed by atoms with Crippen LogP contribution in [0, 0.1) is 0 Å². The number of hydrogen-bond acceptors (Lipinski definition) is 3. The summed E-state index contributed by atoms with van der Waals surface area (Å²) in [6.45, 7) is 8.71. The van der Waals surface area contributed by atoms with E-state index < -0.39 is 0 Å². The third kappa shape index (κ3) is 2.25. The summed E-state index contributed by atoms with van der Waals surface area (Å²) >= 11 is 0. The quantitative estimate of drug-likeness (QED) is 0.741. The lowest BCUT2D eigenvalue weighted by Gasteiger charge is -2.27. The Labute approximate surface area is 85.3 Å². The maximum Gasteiger partial charge on any atom is 0.152 e. The number of aromatic nitrogens is 1. The predicted molar refractivity (Wildman–Crippen MR) is 61.3 cm³/mol. The van der Waals surface area contributed by atoms with Gasteiger partial charge in [-0.25, -0.2) is 4.98 Å². The highest BCUT2D eigenvalue weighted by Gasteiger charge is 2.12. The van der Waals surface area contributed by atoms with Crippen LogP contribution in [0.1, 0.15) is 13.8 Å². The normalized spacial score (nSPS) is 10.2. The lowest BCUT2D eigenvalue weighted by atomic mass is 10.3. The molecule has 0 unspecified atom stereocenters. The molecule has 1 heterocycles. The Morgan fingerprint density at radius 2 is 2.36 bits per heavy atom. The van der Waals surface area contributed by atoms with Crippen LogP contribution < -0.4 is 10.6 Å². The van der Waals surface area contributed by atoms with Gasteiger partial charge in [0.2, 0.25) is 0 Å². The van der Waals surface area contributed by atoms with Crippen LogP contribution in [0.5, 0.6) is 0 Å². The summed E-state index contributed by atoms with van der Waals surface area (Å²) in [7, 11) is 0. The molecular formula is C11H17N3. The fourth-order valence-electron chi connectivity index (χ4n) is 1.33. The minimum Gasteiger partial charge on any atom is -0.396 e. The Bertz CT molecular complexity index is 307. The summed E-state index contributed by atoms with van der Waals surface area (Å²) in [4.78, 5) is 6.39. The molecular weight excluding hydrogens is 174 g/mol. The first-order valence-corrected chi connectivity index (χ1v) is 4.75. The van der Waals surface area contributed by atoms with E-state index in [0.29, 0.717) is 11.7 Å². The maximum atomic E-state index is 5.85. The lowest BCUT2D eigenvalue weighted by molar-refractivity contribution is 0.714. The third-order valence-electron chi connectivity index (χ3n) is 2.04. The van der Waals surface area contributed by atoms with E-state index in [2.05, 4.69) is 30.3 Å². The van der Waals surface area contributed by atoms with Crippen molar-refractivity contribution in [3.8, 4) is 0 Å². The molecule has 0 atom stereocenters. The molecule has 2 N–H and O–H groups in total. The number of anilines is 2. The molecule has 0 bridgehead atoms. The van der Waals surface area contributed by atoms with Gasteiger partial charge in [-0.2, -0.15) is 0 Å². The van der Waals surface area contributed by atoms with Gasteiger partial charge in [0.1, 0.15) is 0 Å². The zero-order valence-electron chi connectivity index (χ0n) is 8.77. The summed E-state index contributed by atoms with van der Waals surface area (Å²) in [5.41, 5.74) is 6.56. The molecule has 0 aromatic carbocycles. The van der Waals surface area contributed by atoms with E-state index in [4.69, 9.17) is 5.73 Å². The first kappa shape index (κ1) is 10.6. The highest BCUT2D eigenvalue weighted by atomic mass is 15.2. The van der Waals surface area contributed by atoms with Crippen molar-refractivity contribution in [1.82, 2.24) is 4.98 Å². The largest absolute Gasteiger partial charge is 0.396 e. The van der Waals surface area contributed by atoms with Gasteiger partial charge >= 0.3 is 0 Å². The van der Waals surface area contributed by atoms with Gasteiger partial charge in [-0.3, -0.25) is 0 Å². The zero-order valence-corrected chi connectivity index (χ0v) is 8.77. The van der Waals surface area contributed by atoms with Crippen molar-refractivity contribution < 1.29 is 0 Å². The van der Waals surface area contributed by atoms with Crippen molar-refractivity contribution in [1.29, 1.82) is 0 Å². The number of nitrogens with two attached hydrogens (primary N) is 1. The molecule has 14 heavy (non-hydrogen) atoms. The molecule has 0 aliphatic heterocycles. The molecule has 0 saturated carbocycles. The van der Waals surface area contributed by atoms with Crippen molar-refractivity contribution in [2.24, 2.45) is 0 Å². The second-order valence-corrected chi connectivity index (χ2v) is 3.45. The molecule has 3 heteroatoms. The SMILES string of the molecule is C=CCN(c1ncccc1N)C(C)C. The van der Waals surface area contributed by atoms with Gasteiger partial charge in [-0.15, -0.1) is 6.58 Å². The molecule has 0 aliphatic rings. The standard InChI is InChI=1S/C11H17N3/c1-4-8-14(9(2)3)11-10(12)6-5-7-13-11/h4-7,9H,1,8,12H2,2-3H3. The van der Waals surface area contributed by atoms with Gasteiger partial charge < -0.3 is 10.6 Å². The molecule has 0 saturated heterocycles. The van der Waals surface area contributed by atoms with E-state index >= 15 is 0 Å². The van der Waals surface area contributed by atoms with Gasteiger partial charge in [0.25, 0.3) is 0 Å². The summed E-state index contributed by atoms with van der Waals surface area (Å²) in [5.74, 6) is 0.836. The zero-order chi connectivity index (χ0) is 10.6. The highest BCUT2D eigenvalue weighted by Crippen LogP contribution is 2.20. The van der Waals surface area contributed by atoms with Crippen molar-refractivity contribution in [2.45, 2.75) is 19.9 Å². The van der Waals surface area contributed by atoms with Crippen molar-refractivity contribution >= 4 is 11.5 Å². The van der Waals surface area contributed by atoms with Gasteiger partial charge in [-0.05, 0) is 26.0 Å². The second kappa shape index (κ2) is 4.65. The van der Waals surface area contributed by atoms with Crippen LogP contribution in [0.4, 0.5) is 11.5 Å². The Hall–Kier alpha value is -1.51. The predicted octanol–water partition coefficient (Wildman–Crippen LogP) is 2.06. The van der Waals surface area contributed by atoms with Gasteiger partial charge in [-0.1, -0.05) is 6.08 Å². The second-order valence-electron chi connectivity index (χ2n) is 3.45. The number of nitrogens with zero attached hydrogens (tertiary/aromatic N) is 2. The minimum absolute atomic E-state index is 0.366. The molecule has 0 amide bonds. The summed E-state index contributed by atoms with van der Waals surface area (Å²) in [6.07, 6.45) is 3.61. The van der Waals surface area contributed by atoms with Gasteiger partial charge in [0, 0.05) is 18.8 Å². The molecule has 0 radical (unpaired) electrons. The van der Waals surface area contributed by atoms with E-state index in [1.54, 1.807) is 6.20 Å². The summed E-state index contributed by atoms with van der Waals surface area (Å²) < 4.78 is 0. The molecule has 0 fully saturated rings. The fraction of sp³-hybridized carbons (Fsp3) is 0.364. The Morgan fingerprint density at radius 1 is 1.64 bits per heavy atom. The van der Waals surface area contributed by atoms with E-state index in [0.717, 1.165) is 12.4 Å². The first-order chi connectivity index (χ1) is 6.66. The molecule has 1 rings (SSSR count). The number of pyridine rings is 1. The molecule has 0 spiro atoms. The highest BCUT2D eigenvalue weighted by molar-refractivity contribution is 5.62. The minimum atomic E-state index is 0.366. The van der Waals surface area contributed by atoms with Crippen LogP contribution in [0.25, 0.3) is 0 Å². The monoisotopic (exact) mass is 191 g/mol. The topological polar surface area (TPSA) is 42.2 Å². The first-order valence-electron chi connectivity index (χ1n) is 4.75. The molecule has 1 aromatic heterocycles. The molecule has 1 aromatic rings. The lowest BCUT2D eigenvalue weighted by Crippen LogP contribution is -2.32. The fourth-order valence-corrected chi connectivity index (χ4v) is 1.33. The van der Waals surface area contributed by atoms with Crippen LogP contribution in [0.15, 0.2) is 31.0 Å². The maximum absolute atomic E-state index is 5.85. The third-order valence-corrected chi connectivity index (χ3v) is 2.04. The van der Waals surface area contributed by atoms with Crippen LogP contribution in [-0.4, -0.2) is 17.6 Å². The number of rotatable bonds is 4. The van der Waals surface area contributed by atoms with E-state index in [1.807, 2.05) is 18.2 Å². The van der Waals surface area contributed by atoms with E-state index in [-0.39, 0.29) is 0 Å². The Morgan fingerprint density at radius 3 is 2.86 bits per heavy atom. The van der Waals surface area contributed by atoms with Gasteiger partial charge in [0.05, 0.1) is 5.69 Å². The average Bonchev–Trinajstić information content (AvgIpc) is 2.15. The average molecular weight is 191 g/mol. The number of hydrogen-bond donors (Lipinski definition) is 1. The summed E-state index contributed by atoms with van der Waals surface area (Å²) in [6, 6.07) is 4.07.